The van der Waals surface area contributed by atoms with Crippen molar-refractivity contribution in [2.75, 3.05) is 6.61 Å². The van der Waals surface area contributed by atoms with Crippen molar-refractivity contribution < 1.29 is 33.3 Å². The molecule has 3 rings (SSSR count). The molecule has 0 amide bonds. The Morgan fingerprint density at radius 3 is 1.93 bits per heavy atom. The van der Waals surface area contributed by atoms with Crippen molar-refractivity contribution in [1.29, 1.82) is 0 Å². The van der Waals surface area contributed by atoms with Gasteiger partial charge in [0.05, 0.1) is 19.8 Å². The molecule has 2 aromatic rings. The zero-order valence-electron chi connectivity index (χ0n) is 17.1. The van der Waals surface area contributed by atoms with Gasteiger partial charge in [-0.15, -0.1) is 0 Å². The standard InChI is InChI=1S/C23H26O7/c1-16(24)28-22-21(27-14-19-11-7-4-8-12-19)20(30-23(22)29-17(2)25)15-26-13-18-9-5-3-6-10-18/h3-12,20-23H,13-15H2,1-2H3/t20-,21-,22-,23?/m1/s1. The highest BCUT2D eigenvalue weighted by Gasteiger charge is 2.49. The van der Waals surface area contributed by atoms with Crippen LogP contribution in [0, 0.1) is 0 Å². The minimum Gasteiger partial charge on any atom is -0.453 e. The summed E-state index contributed by atoms with van der Waals surface area (Å²) < 4.78 is 28.3. The van der Waals surface area contributed by atoms with Gasteiger partial charge in [-0.3, -0.25) is 9.59 Å². The van der Waals surface area contributed by atoms with E-state index in [4.69, 9.17) is 23.7 Å². The van der Waals surface area contributed by atoms with Crippen LogP contribution in [0.25, 0.3) is 0 Å². The minimum absolute atomic E-state index is 0.184. The van der Waals surface area contributed by atoms with E-state index in [-0.39, 0.29) is 13.2 Å². The van der Waals surface area contributed by atoms with Crippen LogP contribution in [0.15, 0.2) is 60.7 Å². The average molecular weight is 414 g/mol. The van der Waals surface area contributed by atoms with E-state index in [1.165, 1.54) is 13.8 Å². The molecule has 0 aliphatic carbocycles. The lowest BCUT2D eigenvalue weighted by Gasteiger charge is -2.23. The molecule has 7 nitrogen and oxygen atoms in total. The summed E-state index contributed by atoms with van der Waals surface area (Å²) in [6, 6.07) is 19.3. The number of benzene rings is 2. The number of carbonyl (C=O) groups excluding carboxylic acids is 2. The van der Waals surface area contributed by atoms with E-state index < -0.39 is 36.5 Å². The fourth-order valence-corrected chi connectivity index (χ4v) is 3.24. The maximum atomic E-state index is 11.7. The van der Waals surface area contributed by atoms with Crippen molar-refractivity contribution in [3.8, 4) is 0 Å². The topological polar surface area (TPSA) is 80.3 Å². The molecule has 30 heavy (non-hydrogen) atoms. The van der Waals surface area contributed by atoms with Gasteiger partial charge < -0.3 is 23.7 Å². The summed E-state index contributed by atoms with van der Waals surface area (Å²) >= 11 is 0. The molecule has 0 radical (unpaired) electrons. The Labute approximate surface area is 175 Å². The van der Waals surface area contributed by atoms with Crippen molar-refractivity contribution in [3.63, 3.8) is 0 Å². The predicted octanol–water partition coefficient (Wildman–Crippen LogP) is 3.01. The van der Waals surface area contributed by atoms with Gasteiger partial charge in [0.1, 0.15) is 12.2 Å². The van der Waals surface area contributed by atoms with E-state index >= 15 is 0 Å². The maximum absolute atomic E-state index is 11.7. The molecule has 1 aliphatic rings. The highest BCUT2D eigenvalue weighted by Crippen LogP contribution is 2.29. The van der Waals surface area contributed by atoms with Gasteiger partial charge in [0.25, 0.3) is 0 Å². The van der Waals surface area contributed by atoms with Gasteiger partial charge in [-0.25, -0.2) is 0 Å². The first-order valence-electron chi connectivity index (χ1n) is 9.80. The fourth-order valence-electron chi connectivity index (χ4n) is 3.24. The SMILES string of the molecule is CC(=O)OC1O[C@H](COCc2ccccc2)[C@@H](OCc2ccccc2)[C@H]1OC(C)=O. The molecule has 0 saturated carbocycles. The molecule has 0 spiro atoms. The fraction of sp³-hybridized carbons (Fsp3) is 0.391. The molecule has 1 aliphatic heterocycles. The molecular weight excluding hydrogens is 388 g/mol. The van der Waals surface area contributed by atoms with Crippen LogP contribution in [0.3, 0.4) is 0 Å². The lowest BCUT2D eigenvalue weighted by molar-refractivity contribution is -0.197. The summed E-state index contributed by atoms with van der Waals surface area (Å²) in [5, 5.41) is 0. The lowest BCUT2D eigenvalue weighted by atomic mass is 10.1. The van der Waals surface area contributed by atoms with Crippen molar-refractivity contribution in [2.45, 2.75) is 51.7 Å². The van der Waals surface area contributed by atoms with E-state index in [9.17, 15) is 9.59 Å². The average Bonchev–Trinajstić information content (AvgIpc) is 3.03. The molecule has 160 valence electrons. The molecule has 1 unspecified atom stereocenters. The highest BCUT2D eigenvalue weighted by atomic mass is 16.7. The summed E-state index contributed by atoms with van der Waals surface area (Å²) in [4.78, 5) is 23.2. The number of ether oxygens (including phenoxy) is 5. The van der Waals surface area contributed by atoms with E-state index in [0.717, 1.165) is 11.1 Å². The lowest BCUT2D eigenvalue weighted by Crippen LogP contribution is -2.41. The molecule has 1 saturated heterocycles. The smallest absolute Gasteiger partial charge is 0.305 e. The Kier molecular flexibility index (Phi) is 7.96. The monoisotopic (exact) mass is 414 g/mol. The predicted molar refractivity (Wildman–Crippen MR) is 107 cm³/mol. The largest absolute Gasteiger partial charge is 0.453 e. The van der Waals surface area contributed by atoms with Gasteiger partial charge >= 0.3 is 11.9 Å². The molecule has 0 aromatic heterocycles. The third kappa shape index (κ3) is 6.38. The van der Waals surface area contributed by atoms with Gasteiger partial charge in [0.15, 0.2) is 6.10 Å². The van der Waals surface area contributed by atoms with Gasteiger partial charge in [0.2, 0.25) is 6.29 Å². The van der Waals surface area contributed by atoms with E-state index in [0.29, 0.717) is 6.61 Å². The van der Waals surface area contributed by atoms with Gasteiger partial charge in [-0.2, -0.15) is 0 Å². The van der Waals surface area contributed by atoms with E-state index in [1.54, 1.807) is 0 Å². The minimum atomic E-state index is -1.06. The van der Waals surface area contributed by atoms with Gasteiger partial charge in [0, 0.05) is 13.8 Å². The normalized spacial score (nSPS) is 23.1. The Morgan fingerprint density at radius 1 is 0.800 bits per heavy atom. The van der Waals surface area contributed by atoms with Crippen molar-refractivity contribution in [1.82, 2.24) is 0 Å². The van der Waals surface area contributed by atoms with E-state index in [2.05, 4.69) is 0 Å². The quantitative estimate of drug-likeness (QED) is 0.584. The van der Waals surface area contributed by atoms with Crippen molar-refractivity contribution >= 4 is 11.9 Å². The van der Waals surface area contributed by atoms with Crippen molar-refractivity contribution in [3.05, 3.63) is 71.8 Å². The Hall–Kier alpha value is -2.74. The summed E-state index contributed by atoms with van der Waals surface area (Å²) in [6.45, 7) is 3.42. The number of esters is 2. The summed E-state index contributed by atoms with van der Waals surface area (Å²) in [7, 11) is 0. The summed E-state index contributed by atoms with van der Waals surface area (Å²) in [5.41, 5.74) is 1.98. The molecular formula is C23H26O7. The summed E-state index contributed by atoms with van der Waals surface area (Å²) in [5.74, 6) is -1.05. The molecule has 4 atom stereocenters. The van der Waals surface area contributed by atoms with Crippen LogP contribution in [0.5, 0.6) is 0 Å². The van der Waals surface area contributed by atoms with Crippen LogP contribution < -0.4 is 0 Å². The third-order valence-corrected chi connectivity index (χ3v) is 4.53. The first kappa shape index (κ1) is 22.0. The first-order valence-corrected chi connectivity index (χ1v) is 9.80. The van der Waals surface area contributed by atoms with Crippen LogP contribution in [-0.4, -0.2) is 43.1 Å². The Morgan fingerprint density at radius 2 is 1.37 bits per heavy atom. The second-order valence-electron chi connectivity index (χ2n) is 6.99. The Balaban J connectivity index is 1.70. The summed E-state index contributed by atoms with van der Waals surface area (Å²) in [6.07, 6.45) is -3.18. The number of carbonyl (C=O) groups is 2. The third-order valence-electron chi connectivity index (χ3n) is 4.53. The molecule has 7 heteroatoms. The molecule has 0 bridgehead atoms. The molecule has 2 aromatic carbocycles. The van der Waals surface area contributed by atoms with Crippen LogP contribution in [0.1, 0.15) is 25.0 Å². The van der Waals surface area contributed by atoms with Crippen LogP contribution in [-0.2, 0) is 46.5 Å². The molecule has 1 heterocycles. The zero-order valence-corrected chi connectivity index (χ0v) is 17.1. The van der Waals surface area contributed by atoms with Crippen LogP contribution >= 0.6 is 0 Å². The first-order chi connectivity index (χ1) is 14.5. The van der Waals surface area contributed by atoms with E-state index in [1.807, 2.05) is 60.7 Å². The van der Waals surface area contributed by atoms with Crippen LogP contribution in [0.4, 0.5) is 0 Å². The second kappa shape index (κ2) is 10.9. The molecule has 1 fully saturated rings. The molecule has 0 N–H and O–H groups in total. The highest BCUT2D eigenvalue weighted by molar-refractivity contribution is 5.67. The van der Waals surface area contributed by atoms with Crippen LogP contribution in [0.2, 0.25) is 0 Å². The zero-order chi connectivity index (χ0) is 21.3. The van der Waals surface area contributed by atoms with Crippen molar-refractivity contribution in [2.24, 2.45) is 0 Å². The van der Waals surface area contributed by atoms with Gasteiger partial charge in [-0.05, 0) is 11.1 Å². The van der Waals surface area contributed by atoms with Gasteiger partial charge in [-0.1, -0.05) is 60.7 Å². The number of hydrogen-bond donors (Lipinski definition) is 0. The maximum Gasteiger partial charge on any atom is 0.305 e. The number of hydrogen-bond acceptors (Lipinski definition) is 7. The number of rotatable bonds is 9. The second-order valence-corrected chi connectivity index (χ2v) is 6.99. The Bertz CT molecular complexity index is 809.